The van der Waals surface area contributed by atoms with E-state index >= 15 is 0 Å². The second-order valence-electron chi connectivity index (χ2n) is 5.14. The molecule has 0 radical (unpaired) electrons. The molecule has 0 aliphatic carbocycles. The molecule has 0 heterocycles. The smallest absolute Gasteiger partial charge is 0.0778 e. The second kappa shape index (κ2) is 7.13. The van der Waals surface area contributed by atoms with Gasteiger partial charge in [0.2, 0.25) is 0 Å². The van der Waals surface area contributed by atoms with Gasteiger partial charge in [-0.25, -0.2) is 0 Å². The zero-order valence-corrected chi connectivity index (χ0v) is 12.6. The molecule has 0 bridgehead atoms. The molecule has 0 amide bonds. The average molecular weight is 270 g/mol. The van der Waals surface area contributed by atoms with E-state index in [2.05, 4.69) is 38.2 Å². The minimum absolute atomic E-state index is 0.186. The topological polar surface area (TPSA) is 21.3 Å². The van der Waals surface area contributed by atoms with Gasteiger partial charge in [0.1, 0.15) is 0 Å². The number of benzene rings is 1. The van der Waals surface area contributed by atoms with Gasteiger partial charge >= 0.3 is 0 Å². The van der Waals surface area contributed by atoms with Gasteiger partial charge in [-0.15, -0.1) is 0 Å². The Morgan fingerprint density at radius 3 is 2.39 bits per heavy atom. The zero-order valence-electron chi connectivity index (χ0n) is 11.8. The normalized spacial score (nSPS) is 13.6. The number of halogens is 1. The molecule has 3 heteroatoms. The summed E-state index contributed by atoms with van der Waals surface area (Å²) in [5, 5.41) is 4.35. The van der Waals surface area contributed by atoms with Crippen molar-refractivity contribution in [2.75, 3.05) is 13.7 Å². The molecular formula is C15H24ClNO. The predicted octanol–water partition coefficient (Wildman–Crippen LogP) is 3.68. The average Bonchev–Trinajstić information content (AvgIpc) is 2.36. The molecule has 1 aromatic rings. The molecule has 1 N–H and O–H groups in total. The first-order valence-corrected chi connectivity index (χ1v) is 6.90. The molecule has 1 rings (SSSR count). The van der Waals surface area contributed by atoms with Gasteiger partial charge in [0, 0.05) is 18.2 Å². The van der Waals surface area contributed by atoms with Crippen LogP contribution in [0.1, 0.15) is 32.8 Å². The van der Waals surface area contributed by atoms with Crippen molar-refractivity contribution in [2.45, 2.75) is 45.3 Å². The summed E-state index contributed by atoms with van der Waals surface area (Å²) >= 11 is 5.91. The van der Waals surface area contributed by atoms with Crippen molar-refractivity contribution < 1.29 is 4.74 Å². The van der Waals surface area contributed by atoms with Gasteiger partial charge in [-0.1, -0.05) is 30.7 Å². The van der Waals surface area contributed by atoms with E-state index in [0.29, 0.717) is 6.04 Å². The quantitative estimate of drug-likeness (QED) is 0.815. The lowest BCUT2D eigenvalue weighted by molar-refractivity contribution is -0.00997. The molecule has 1 atom stereocenters. The van der Waals surface area contributed by atoms with Crippen molar-refractivity contribution in [3.8, 4) is 0 Å². The van der Waals surface area contributed by atoms with Crippen molar-refractivity contribution in [3.05, 3.63) is 34.9 Å². The van der Waals surface area contributed by atoms with Crippen LogP contribution in [0.2, 0.25) is 5.02 Å². The summed E-state index contributed by atoms with van der Waals surface area (Å²) in [4.78, 5) is 0. The summed E-state index contributed by atoms with van der Waals surface area (Å²) in [5.41, 5.74) is 1.09. The van der Waals surface area contributed by atoms with Crippen LogP contribution in [0.3, 0.4) is 0 Å². The molecule has 0 aliphatic heterocycles. The third-order valence-electron chi connectivity index (χ3n) is 3.36. The number of hydrogen-bond donors (Lipinski definition) is 1. The monoisotopic (exact) mass is 269 g/mol. The largest absolute Gasteiger partial charge is 0.377 e. The fraction of sp³-hybridized carbons (Fsp3) is 0.600. The van der Waals surface area contributed by atoms with E-state index < -0.39 is 0 Å². The maximum atomic E-state index is 5.91. The van der Waals surface area contributed by atoms with Crippen LogP contribution in [0.15, 0.2) is 24.3 Å². The van der Waals surface area contributed by atoms with Gasteiger partial charge in [-0.3, -0.25) is 0 Å². The highest BCUT2D eigenvalue weighted by Crippen LogP contribution is 2.19. The Hall–Kier alpha value is -0.570. The van der Waals surface area contributed by atoms with Gasteiger partial charge in [0.25, 0.3) is 0 Å². The summed E-state index contributed by atoms with van der Waals surface area (Å²) in [7, 11) is 1.77. The van der Waals surface area contributed by atoms with Crippen LogP contribution >= 0.6 is 11.6 Å². The fourth-order valence-electron chi connectivity index (χ4n) is 1.88. The molecule has 0 aromatic heterocycles. The molecule has 1 aromatic carbocycles. The molecule has 18 heavy (non-hydrogen) atoms. The maximum absolute atomic E-state index is 5.91. The van der Waals surface area contributed by atoms with Crippen LogP contribution in [-0.4, -0.2) is 25.3 Å². The van der Waals surface area contributed by atoms with Crippen LogP contribution in [-0.2, 0) is 11.2 Å². The van der Waals surface area contributed by atoms with Crippen molar-refractivity contribution in [1.29, 1.82) is 0 Å². The molecule has 0 fully saturated rings. The number of ether oxygens (including phenoxy) is 1. The lowest BCUT2D eigenvalue weighted by Crippen LogP contribution is -2.49. The Balaban J connectivity index is 2.74. The number of nitrogens with one attached hydrogen (secondary N) is 1. The summed E-state index contributed by atoms with van der Waals surface area (Å²) in [5.74, 6) is 0. The number of rotatable bonds is 7. The highest BCUT2D eigenvalue weighted by atomic mass is 35.5. The van der Waals surface area contributed by atoms with E-state index in [9.17, 15) is 0 Å². The first kappa shape index (κ1) is 15.5. The lowest BCUT2D eigenvalue weighted by Gasteiger charge is -2.34. The van der Waals surface area contributed by atoms with Crippen molar-refractivity contribution in [3.63, 3.8) is 0 Å². The molecule has 0 aliphatic rings. The second-order valence-corrected chi connectivity index (χ2v) is 5.58. The predicted molar refractivity (Wildman–Crippen MR) is 78.3 cm³/mol. The standard InChI is InChI=1S/C15H24ClNO/c1-5-10-17-14(15(2,3)18-4)11-12-6-8-13(16)9-7-12/h6-9,14,17H,5,10-11H2,1-4H3. The Labute approximate surface area is 116 Å². The van der Waals surface area contributed by atoms with Crippen LogP contribution in [0.4, 0.5) is 0 Å². The van der Waals surface area contributed by atoms with Crippen molar-refractivity contribution in [1.82, 2.24) is 5.32 Å². The Kier molecular flexibility index (Phi) is 6.13. The van der Waals surface area contributed by atoms with E-state index in [-0.39, 0.29) is 5.60 Å². The lowest BCUT2D eigenvalue weighted by atomic mass is 9.92. The van der Waals surface area contributed by atoms with Crippen LogP contribution in [0, 0.1) is 0 Å². The Bertz CT molecular complexity index is 348. The Morgan fingerprint density at radius 2 is 1.89 bits per heavy atom. The maximum Gasteiger partial charge on any atom is 0.0778 e. The molecule has 0 spiro atoms. The highest BCUT2D eigenvalue weighted by Gasteiger charge is 2.28. The SMILES string of the molecule is CCCNC(Cc1ccc(Cl)cc1)C(C)(C)OC. The van der Waals surface area contributed by atoms with Crippen LogP contribution < -0.4 is 5.32 Å². The molecular weight excluding hydrogens is 246 g/mol. The van der Waals surface area contributed by atoms with E-state index in [0.717, 1.165) is 24.4 Å². The minimum atomic E-state index is -0.186. The summed E-state index contributed by atoms with van der Waals surface area (Å²) in [6.07, 6.45) is 2.06. The molecule has 0 saturated carbocycles. The van der Waals surface area contributed by atoms with Crippen molar-refractivity contribution >= 4 is 11.6 Å². The molecule has 102 valence electrons. The number of methoxy groups -OCH3 is 1. The van der Waals surface area contributed by atoms with E-state index in [4.69, 9.17) is 16.3 Å². The first-order valence-electron chi connectivity index (χ1n) is 6.52. The highest BCUT2D eigenvalue weighted by molar-refractivity contribution is 6.30. The van der Waals surface area contributed by atoms with E-state index in [1.165, 1.54) is 5.56 Å². The molecule has 1 unspecified atom stereocenters. The third kappa shape index (κ3) is 4.60. The van der Waals surface area contributed by atoms with E-state index in [1.807, 2.05) is 12.1 Å². The molecule has 2 nitrogen and oxygen atoms in total. The van der Waals surface area contributed by atoms with Crippen molar-refractivity contribution in [2.24, 2.45) is 0 Å². The zero-order chi connectivity index (χ0) is 13.6. The van der Waals surface area contributed by atoms with E-state index in [1.54, 1.807) is 7.11 Å². The Morgan fingerprint density at radius 1 is 1.28 bits per heavy atom. The van der Waals surface area contributed by atoms with Gasteiger partial charge in [0.15, 0.2) is 0 Å². The number of hydrogen-bond acceptors (Lipinski definition) is 2. The fourth-order valence-corrected chi connectivity index (χ4v) is 2.01. The van der Waals surface area contributed by atoms with Gasteiger partial charge < -0.3 is 10.1 Å². The van der Waals surface area contributed by atoms with Gasteiger partial charge in [0.05, 0.1) is 5.60 Å². The summed E-state index contributed by atoms with van der Waals surface area (Å²) < 4.78 is 5.60. The third-order valence-corrected chi connectivity index (χ3v) is 3.61. The minimum Gasteiger partial charge on any atom is -0.377 e. The summed E-state index contributed by atoms with van der Waals surface area (Å²) in [6.45, 7) is 7.42. The summed E-state index contributed by atoms with van der Waals surface area (Å²) in [6, 6.07) is 8.33. The van der Waals surface area contributed by atoms with Gasteiger partial charge in [-0.05, 0) is 50.9 Å². The van der Waals surface area contributed by atoms with Crippen LogP contribution in [0.5, 0.6) is 0 Å². The van der Waals surface area contributed by atoms with Crippen LogP contribution in [0.25, 0.3) is 0 Å². The first-order chi connectivity index (χ1) is 8.49. The van der Waals surface area contributed by atoms with Gasteiger partial charge in [-0.2, -0.15) is 0 Å². The molecule has 0 saturated heterocycles.